The van der Waals surface area contributed by atoms with Crippen molar-refractivity contribution in [3.05, 3.63) is 17.1 Å². The molecule has 2 bridgehead atoms. The van der Waals surface area contributed by atoms with Crippen molar-refractivity contribution in [2.45, 2.75) is 19.3 Å². The molecule has 0 heterocycles. The zero-order chi connectivity index (χ0) is 7.40. The van der Waals surface area contributed by atoms with Crippen molar-refractivity contribution in [1.82, 2.24) is 0 Å². The average molecular weight is 141 g/mol. The monoisotopic (exact) mass is 141 g/mol. The first-order valence-electron chi connectivity index (χ1n) is 3.52. The molecule has 0 radical (unpaired) electrons. The Morgan fingerprint density at radius 1 is 1.30 bits per heavy atom. The maximum Gasteiger partial charge on any atom is 0.152 e. The van der Waals surface area contributed by atoms with E-state index in [1.54, 1.807) is 0 Å². The van der Waals surface area contributed by atoms with Gasteiger partial charge in [-0.2, -0.15) is 0 Å². The van der Waals surface area contributed by atoms with Crippen molar-refractivity contribution in [2.75, 3.05) is 0 Å². The molecule has 0 aliphatic heterocycles. The smallest absolute Gasteiger partial charge is 0.152 e. The molecular formula is C7H11NO2. The molecule has 1 fully saturated rings. The van der Waals surface area contributed by atoms with Gasteiger partial charge in [-0.05, 0) is 31.1 Å². The fraction of sp³-hybridized carbons (Fsp3) is 0.714. The van der Waals surface area contributed by atoms with E-state index in [1.165, 1.54) is 24.6 Å². The van der Waals surface area contributed by atoms with Crippen LogP contribution in [0, 0.1) is 16.7 Å². The van der Waals surface area contributed by atoms with E-state index >= 15 is 0 Å². The van der Waals surface area contributed by atoms with Crippen molar-refractivity contribution in [3.8, 4) is 0 Å². The van der Waals surface area contributed by atoms with E-state index in [0.717, 1.165) is 11.8 Å². The van der Waals surface area contributed by atoms with Gasteiger partial charge in [0.25, 0.3) is 0 Å². The summed E-state index contributed by atoms with van der Waals surface area (Å²) in [6, 6.07) is 0. The third-order valence-electron chi connectivity index (χ3n) is 2.17. The second-order valence-electron chi connectivity index (χ2n) is 2.80. The lowest BCUT2D eigenvalue weighted by atomic mass is 10.1. The molecule has 2 aliphatic carbocycles. The first kappa shape index (κ1) is 7.25. The third-order valence-corrected chi connectivity index (χ3v) is 2.17. The van der Waals surface area contributed by atoms with Crippen LogP contribution in [0.5, 0.6) is 0 Å². The van der Waals surface area contributed by atoms with Crippen LogP contribution >= 0.6 is 0 Å². The van der Waals surface area contributed by atoms with Crippen LogP contribution in [0.1, 0.15) is 19.3 Å². The summed E-state index contributed by atoms with van der Waals surface area (Å²) in [5.41, 5.74) is 0. The van der Waals surface area contributed by atoms with Gasteiger partial charge < -0.3 is 5.21 Å². The van der Waals surface area contributed by atoms with Crippen LogP contribution < -0.4 is 0 Å². The summed E-state index contributed by atoms with van der Waals surface area (Å²) in [4.78, 5) is 8.11. The van der Waals surface area contributed by atoms with E-state index in [4.69, 9.17) is 10.1 Å². The summed E-state index contributed by atoms with van der Waals surface area (Å²) in [7, 11) is 0. The van der Waals surface area contributed by atoms with Crippen LogP contribution in [-0.2, 0) is 0 Å². The first-order chi connectivity index (χ1) is 4.86. The quantitative estimate of drug-likeness (QED) is 0.319. The van der Waals surface area contributed by atoms with E-state index in [0.29, 0.717) is 0 Å². The molecule has 56 valence electrons. The molecule has 10 heavy (non-hydrogen) atoms. The Morgan fingerprint density at radius 3 is 1.80 bits per heavy atom. The Balaban J connectivity index is 0.000000148. The van der Waals surface area contributed by atoms with E-state index < -0.39 is 0 Å². The van der Waals surface area contributed by atoms with Gasteiger partial charge in [-0.25, -0.2) is 0 Å². The molecule has 0 aromatic rings. The summed E-state index contributed by atoms with van der Waals surface area (Å²) in [5.74, 6) is 1.98. The van der Waals surface area contributed by atoms with Crippen LogP contribution in [0.4, 0.5) is 0 Å². The summed E-state index contributed by atoms with van der Waals surface area (Å²) < 4.78 is 0. The Morgan fingerprint density at radius 2 is 1.70 bits per heavy atom. The van der Waals surface area contributed by atoms with E-state index in [1.807, 2.05) is 0 Å². The Kier molecular flexibility index (Phi) is 2.42. The highest BCUT2D eigenvalue weighted by Gasteiger charge is 2.25. The highest BCUT2D eigenvalue weighted by molar-refractivity contribution is 5.06. The second-order valence-corrected chi connectivity index (χ2v) is 2.80. The summed E-state index contributed by atoms with van der Waals surface area (Å²) >= 11 is 0. The summed E-state index contributed by atoms with van der Waals surface area (Å²) in [6.45, 7) is 0. The maximum atomic E-state index is 8.11. The highest BCUT2D eigenvalue weighted by Crippen LogP contribution is 2.38. The summed E-state index contributed by atoms with van der Waals surface area (Å²) in [5, 5.41) is 7.89. The number of rotatable bonds is 0. The van der Waals surface area contributed by atoms with Gasteiger partial charge in [0.1, 0.15) is 0 Å². The molecule has 1 saturated carbocycles. The Hall–Kier alpha value is -0.860. The second kappa shape index (κ2) is 3.34. The largest absolute Gasteiger partial charge is 0.379 e. The SMILES string of the molecule is C1=CC2CCC1C2.O=NO. The lowest BCUT2D eigenvalue weighted by Crippen LogP contribution is -1.82. The molecule has 0 amide bonds. The minimum absolute atomic E-state index is 0.991. The molecule has 1 N–H and O–H groups in total. The molecule has 0 aromatic carbocycles. The van der Waals surface area contributed by atoms with Gasteiger partial charge in [-0.3, -0.25) is 0 Å². The van der Waals surface area contributed by atoms with Gasteiger partial charge in [0, 0.05) is 0 Å². The number of allylic oxidation sites excluding steroid dienone is 2. The molecule has 0 spiro atoms. The number of nitrogens with zero attached hydrogens (tertiary/aromatic N) is 1. The number of fused-ring (bicyclic) bond motifs is 2. The van der Waals surface area contributed by atoms with Gasteiger partial charge in [0.2, 0.25) is 0 Å². The molecule has 2 aliphatic rings. The molecule has 2 unspecified atom stereocenters. The molecule has 2 atom stereocenters. The number of hydrogen-bond acceptors (Lipinski definition) is 2. The third kappa shape index (κ3) is 1.56. The maximum absolute atomic E-state index is 8.11. The normalized spacial score (nSPS) is 33.2. The lowest BCUT2D eigenvalue weighted by Gasteiger charge is -1.96. The van der Waals surface area contributed by atoms with Crippen LogP contribution in [0.3, 0.4) is 0 Å². The predicted octanol–water partition coefficient (Wildman–Crippen LogP) is 2.11. The average Bonchev–Trinajstić information content (AvgIpc) is 2.49. The van der Waals surface area contributed by atoms with Gasteiger partial charge in [-0.1, -0.05) is 12.2 Å². The van der Waals surface area contributed by atoms with Gasteiger partial charge in [-0.15, -0.1) is 4.91 Å². The zero-order valence-electron chi connectivity index (χ0n) is 5.73. The van der Waals surface area contributed by atoms with E-state index in [2.05, 4.69) is 12.2 Å². The molecule has 3 nitrogen and oxygen atoms in total. The van der Waals surface area contributed by atoms with Crippen molar-refractivity contribution in [1.29, 1.82) is 0 Å². The fourth-order valence-corrected chi connectivity index (χ4v) is 1.72. The topological polar surface area (TPSA) is 49.7 Å². The van der Waals surface area contributed by atoms with E-state index in [9.17, 15) is 0 Å². The fourth-order valence-electron chi connectivity index (χ4n) is 1.72. The van der Waals surface area contributed by atoms with Crippen molar-refractivity contribution >= 4 is 0 Å². The highest BCUT2D eigenvalue weighted by atomic mass is 16.6. The minimum Gasteiger partial charge on any atom is -0.379 e. The molecule has 0 aromatic heterocycles. The van der Waals surface area contributed by atoms with Gasteiger partial charge in [0.05, 0.1) is 0 Å². The van der Waals surface area contributed by atoms with Crippen molar-refractivity contribution < 1.29 is 5.21 Å². The van der Waals surface area contributed by atoms with E-state index in [-0.39, 0.29) is 0 Å². The molecule has 3 heteroatoms. The molecule has 2 rings (SSSR count). The van der Waals surface area contributed by atoms with Gasteiger partial charge in [0.15, 0.2) is 5.34 Å². The number of hydrogen-bond donors (Lipinski definition) is 1. The lowest BCUT2D eigenvalue weighted by molar-refractivity contribution is 0.312. The Labute approximate surface area is 59.7 Å². The molecular weight excluding hydrogens is 130 g/mol. The minimum atomic E-state index is 0.991. The summed E-state index contributed by atoms with van der Waals surface area (Å²) in [6.07, 6.45) is 9.19. The predicted molar refractivity (Wildman–Crippen MR) is 37.6 cm³/mol. The first-order valence-corrected chi connectivity index (χ1v) is 3.52. The molecule has 0 saturated heterocycles. The van der Waals surface area contributed by atoms with Crippen LogP contribution in [0.2, 0.25) is 0 Å². The Bertz CT molecular complexity index is 133. The standard InChI is InChI=1S/C7H10.HNO2/c1-2-7-4-3-6(1)5-7;2-1-3/h1-2,6-7H,3-5H2;(H,2,3). The van der Waals surface area contributed by atoms with Crippen LogP contribution in [-0.4, -0.2) is 5.21 Å². The van der Waals surface area contributed by atoms with Crippen molar-refractivity contribution in [3.63, 3.8) is 0 Å². The van der Waals surface area contributed by atoms with Gasteiger partial charge >= 0.3 is 0 Å². The van der Waals surface area contributed by atoms with Crippen LogP contribution in [0.15, 0.2) is 17.5 Å². The van der Waals surface area contributed by atoms with Crippen LogP contribution in [0.25, 0.3) is 0 Å². The van der Waals surface area contributed by atoms with Crippen molar-refractivity contribution in [2.24, 2.45) is 17.2 Å². The zero-order valence-corrected chi connectivity index (χ0v) is 5.73.